The average Bonchev–Trinajstić information content (AvgIpc) is 3.12. The Bertz CT molecular complexity index is 749. The Morgan fingerprint density at radius 1 is 1.28 bits per heavy atom. The normalized spacial score (nSPS) is 20.9. The maximum atomic E-state index is 12.8. The standard InChI is InChI=1S/C16H20F3N5O/c1-23(9-13-21-15(25-22-13)11-3-4-11)6-10-2-5-14-20-12(16(17,18)19)8-24(14)7-10/h8,10-11H,2-7,9H2,1H3/t10-/m0/s1. The van der Waals surface area contributed by atoms with E-state index in [0.717, 1.165) is 37.9 Å². The van der Waals surface area contributed by atoms with Gasteiger partial charge in [0.1, 0.15) is 5.82 Å². The predicted octanol–water partition coefficient (Wildman–Crippen LogP) is 2.86. The first kappa shape index (κ1) is 16.6. The van der Waals surface area contributed by atoms with Gasteiger partial charge in [-0.1, -0.05) is 5.16 Å². The fourth-order valence-electron chi connectivity index (χ4n) is 3.37. The fourth-order valence-corrected chi connectivity index (χ4v) is 3.37. The summed E-state index contributed by atoms with van der Waals surface area (Å²) in [6.45, 7) is 1.91. The molecule has 0 spiro atoms. The van der Waals surface area contributed by atoms with Crippen LogP contribution in [-0.4, -0.2) is 38.2 Å². The van der Waals surface area contributed by atoms with E-state index in [1.54, 1.807) is 4.57 Å². The maximum absolute atomic E-state index is 12.8. The molecule has 6 nitrogen and oxygen atoms in total. The van der Waals surface area contributed by atoms with Crippen molar-refractivity contribution >= 4 is 0 Å². The molecule has 4 rings (SSSR count). The quantitative estimate of drug-likeness (QED) is 0.825. The van der Waals surface area contributed by atoms with E-state index in [1.165, 1.54) is 0 Å². The van der Waals surface area contributed by atoms with E-state index in [0.29, 0.717) is 37.1 Å². The smallest absolute Gasteiger partial charge is 0.339 e. The van der Waals surface area contributed by atoms with Crippen molar-refractivity contribution in [3.8, 4) is 0 Å². The van der Waals surface area contributed by atoms with Crippen LogP contribution in [-0.2, 0) is 25.7 Å². The largest absolute Gasteiger partial charge is 0.434 e. The van der Waals surface area contributed by atoms with Crippen molar-refractivity contribution in [3.05, 3.63) is 29.4 Å². The zero-order valence-electron chi connectivity index (χ0n) is 14.0. The highest BCUT2D eigenvalue weighted by Gasteiger charge is 2.36. The number of hydrogen-bond donors (Lipinski definition) is 0. The summed E-state index contributed by atoms with van der Waals surface area (Å²) in [5.41, 5.74) is -0.795. The molecule has 2 aromatic rings. The number of fused-ring (bicyclic) bond motifs is 1. The zero-order chi connectivity index (χ0) is 17.6. The summed E-state index contributed by atoms with van der Waals surface area (Å²) in [6.07, 6.45) is 0.386. The first-order valence-electron chi connectivity index (χ1n) is 8.53. The molecular weight excluding hydrogens is 335 g/mol. The molecule has 0 N–H and O–H groups in total. The number of aromatic nitrogens is 4. The maximum Gasteiger partial charge on any atom is 0.434 e. The van der Waals surface area contributed by atoms with Crippen LogP contribution in [0.2, 0.25) is 0 Å². The Hall–Kier alpha value is -1.90. The molecule has 0 aromatic carbocycles. The van der Waals surface area contributed by atoms with Gasteiger partial charge in [0.15, 0.2) is 11.5 Å². The second-order valence-corrected chi connectivity index (χ2v) is 7.12. The van der Waals surface area contributed by atoms with Crippen LogP contribution in [0, 0.1) is 5.92 Å². The lowest BCUT2D eigenvalue weighted by atomic mass is 9.99. The van der Waals surface area contributed by atoms with Gasteiger partial charge in [-0.15, -0.1) is 0 Å². The van der Waals surface area contributed by atoms with Gasteiger partial charge in [-0.25, -0.2) is 4.98 Å². The van der Waals surface area contributed by atoms with Crippen molar-refractivity contribution in [1.29, 1.82) is 0 Å². The van der Waals surface area contributed by atoms with Gasteiger partial charge in [0.25, 0.3) is 0 Å². The molecule has 1 saturated carbocycles. The van der Waals surface area contributed by atoms with Crippen LogP contribution in [0.15, 0.2) is 10.7 Å². The lowest BCUT2D eigenvalue weighted by Crippen LogP contribution is -2.31. The van der Waals surface area contributed by atoms with Gasteiger partial charge < -0.3 is 9.09 Å². The van der Waals surface area contributed by atoms with Crippen molar-refractivity contribution in [3.63, 3.8) is 0 Å². The van der Waals surface area contributed by atoms with E-state index in [-0.39, 0.29) is 5.92 Å². The number of hydrogen-bond acceptors (Lipinski definition) is 5. The molecule has 1 fully saturated rings. The van der Waals surface area contributed by atoms with E-state index in [1.807, 2.05) is 7.05 Å². The van der Waals surface area contributed by atoms with Crippen LogP contribution in [0.25, 0.3) is 0 Å². The molecule has 0 radical (unpaired) electrons. The highest BCUT2D eigenvalue weighted by Crippen LogP contribution is 2.38. The van der Waals surface area contributed by atoms with Crippen molar-refractivity contribution < 1.29 is 17.7 Å². The minimum absolute atomic E-state index is 0.280. The molecule has 136 valence electrons. The third-order valence-electron chi connectivity index (χ3n) is 4.77. The first-order valence-corrected chi connectivity index (χ1v) is 8.53. The molecule has 25 heavy (non-hydrogen) atoms. The monoisotopic (exact) mass is 355 g/mol. The van der Waals surface area contributed by atoms with Gasteiger partial charge in [0, 0.05) is 31.6 Å². The van der Waals surface area contributed by atoms with Crippen LogP contribution in [0.3, 0.4) is 0 Å². The Labute approximate surface area is 143 Å². The summed E-state index contributed by atoms with van der Waals surface area (Å²) < 4.78 is 45.2. The summed E-state index contributed by atoms with van der Waals surface area (Å²) >= 11 is 0. The van der Waals surface area contributed by atoms with Gasteiger partial charge in [-0.05, 0) is 32.2 Å². The summed E-state index contributed by atoms with van der Waals surface area (Å²) in [7, 11) is 1.97. The third-order valence-corrected chi connectivity index (χ3v) is 4.77. The van der Waals surface area contributed by atoms with Crippen molar-refractivity contribution in [2.45, 2.75) is 50.9 Å². The second-order valence-electron chi connectivity index (χ2n) is 7.12. The fraction of sp³-hybridized carbons (Fsp3) is 0.688. The van der Waals surface area contributed by atoms with E-state index in [9.17, 15) is 13.2 Å². The number of imidazole rings is 1. The van der Waals surface area contributed by atoms with Crippen molar-refractivity contribution in [2.24, 2.45) is 5.92 Å². The minimum Gasteiger partial charge on any atom is -0.339 e. The predicted molar refractivity (Wildman–Crippen MR) is 81.6 cm³/mol. The van der Waals surface area contributed by atoms with Gasteiger partial charge in [0.2, 0.25) is 5.89 Å². The molecule has 0 amide bonds. The Morgan fingerprint density at radius 2 is 2.08 bits per heavy atom. The molecule has 0 unspecified atom stereocenters. The zero-order valence-corrected chi connectivity index (χ0v) is 14.0. The highest BCUT2D eigenvalue weighted by atomic mass is 19.4. The Morgan fingerprint density at radius 3 is 2.80 bits per heavy atom. The number of halogens is 3. The molecule has 0 bridgehead atoms. The van der Waals surface area contributed by atoms with Crippen LogP contribution in [0.5, 0.6) is 0 Å². The molecule has 2 aliphatic rings. The van der Waals surface area contributed by atoms with Crippen molar-refractivity contribution in [2.75, 3.05) is 13.6 Å². The topological polar surface area (TPSA) is 60.0 Å². The molecule has 1 aliphatic heterocycles. The minimum atomic E-state index is -4.38. The summed E-state index contributed by atoms with van der Waals surface area (Å²) in [4.78, 5) is 10.2. The number of rotatable bonds is 5. The van der Waals surface area contributed by atoms with E-state index in [2.05, 4.69) is 20.0 Å². The SMILES string of the molecule is CN(Cc1noc(C2CC2)n1)C[C@@H]1CCc2nc(C(F)(F)F)cn2C1. The van der Waals surface area contributed by atoms with E-state index < -0.39 is 11.9 Å². The number of aryl methyl sites for hydroxylation is 1. The van der Waals surface area contributed by atoms with Gasteiger partial charge in [-0.2, -0.15) is 18.2 Å². The van der Waals surface area contributed by atoms with Crippen LogP contribution in [0.4, 0.5) is 13.2 Å². The van der Waals surface area contributed by atoms with Crippen LogP contribution in [0.1, 0.15) is 48.4 Å². The van der Waals surface area contributed by atoms with E-state index >= 15 is 0 Å². The molecule has 1 aliphatic carbocycles. The number of nitrogens with zero attached hydrogens (tertiary/aromatic N) is 5. The summed E-state index contributed by atoms with van der Waals surface area (Å²) in [5.74, 6) is 2.64. The molecule has 0 saturated heterocycles. The van der Waals surface area contributed by atoms with Gasteiger partial charge in [0.05, 0.1) is 6.54 Å². The highest BCUT2D eigenvalue weighted by molar-refractivity contribution is 5.10. The molecule has 1 atom stereocenters. The third kappa shape index (κ3) is 3.70. The average molecular weight is 355 g/mol. The van der Waals surface area contributed by atoms with Gasteiger partial charge >= 0.3 is 6.18 Å². The Balaban J connectivity index is 1.34. The lowest BCUT2D eigenvalue weighted by molar-refractivity contribution is -0.141. The lowest BCUT2D eigenvalue weighted by Gasteiger charge is -2.27. The number of alkyl halides is 3. The van der Waals surface area contributed by atoms with E-state index in [4.69, 9.17) is 4.52 Å². The van der Waals surface area contributed by atoms with Crippen molar-refractivity contribution in [1.82, 2.24) is 24.6 Å². The van der Waals surface area contributed by atoms with Crippen LogP contribution >= 0.6 is 0 Å². The van der Waals surface area contributed by atoms with Gasteiger partial charge in [-0.3, -0.25) is 4.90 Å². The molecule has 3 heterocycles. The van der Waals surface area contributed by atoms with Crippen LogP contribution < -0.4 is 0 Å². The summed E-state index contributed by atoms with van der Waals surface area (Å²) in [5, 5.41) is 4.01. The Kier molecular flexibility index (Phi) is 4.05. The molecular formula is C16H20F3N5O. The second kappa shape index (κ2) is 6.12. The summed E-state index contributed by atoms with van der Waals surface area (Å²) in [6, 6.07) is 0. The first-order chi connectivity index (χ1) is 11.9. The molecule has 2 aromatic heterocycles. The molecule has 9 heteroatoms.